The van der Waals surface area contributed by atoms with Crippen LogP contribution in [-0.2, 0) is 6.18 Å². The van der Waals surface area contributed by atoms with Crippen LogP contribution in [0.2, 0.25) is 5.28 Å². The third-order valence-corrected chi connectivity index (χ3v) is 2.46. The van der Waals surface area contributed by atoms with Gasteiger partial charge in [-0.05, 0) is 37.6 Å². The minimum absolute atomic E-state index is 0.0238. The lowest BCUT2D eigenvalue weighted by molar-refractivity contribution is -0.141. The fourth-order valence-corrected chi connectivity index (χ4v) is 1.66. The molecular weight excluding hydrogens is 307 g/mol. The van der Waals surface area contributed by atoms with E-state index in [1.807, 2.05) is 13.8 Å². The molecule has 1 N–H and O–H groups in total. The zero-order valence-electron chi connectivity index (χ0n) is 11.1. The van der Waals surface area contributed by atoms with Gasteiger partial charge in [-0.15, -0.1) is 0 Å². The smallest absolute Gasteiger partial charge is 0.352 e. The summed E-state index contributed by atoms with van der Waals surface area (Å²) < 4.78 is 38.0. The second-order valence-electron chi connectivity index (χ2n) is 4.46. The predicted octanol–water partition coefficient (Wildman–Crippen LogP) is 3.43. The normalized spacial score (nSPS) is 11.8. The summed E-state index contributed by atoms with van der Waals surface area (Å²) in [4.78, 5) is 15.2. The first-order valence-corrected chi connectivity index (χ1v) is 6.36. The summed E-state index contributed by atoms with van der Waals surface area (Å²) in [5.41, 5.74) is -1.05. The lowest BCUT2D eigenvalue weighted by atomic mass is 10.3. The van der Waals surface area contributed by atoms with Gasteiger partial charge in [-0.1, -0.05) is 6.07 Å². The van der Waals surface area contributed by atoms with E-state index in [2.05, 4.69) is 25.3 Å². The Morgan fingerprint density at radius 3 is 2.43 bits per heavy atom. The fraction of sp³-hybridized carbons (Fsp3) is 0.333. The Hall–Kier alpha value is -1.96. The van der Waals surface area contributed by atoms with Crippen LogP contribution in [-0.4, -0.2) is 26.0 Å². The van der Waals surface area contributed by atoms with E-state index >= 15 is 0 Å². The van der Waals surface area contributed by atoms with Crippen molar-refractivity contribution in [3.05, 3.63) is 29.2 Å². The van der Waals surface area contributed by atoms with Crippen molar-refractivity contribution < 1.29 is 13.2 Å². The first-order chi connectivity index (χ1) is 9.75. The number of nitrogens with one attached hydrogen (secondary N) is 1. The molecule has 0 unspecified atom stereocenters. The van der Waals surface area contributed by atoms with Crippen molar-refractivity contribution in [3.8, 4) is 11.5 Å². The number of rotatable bonds is 3. The molecule has 0 atom stereocenters. The van der Waals surface area contributed by atoms with Crippen molar-refractivity contribution in [1.29, 1.82) is 0 Å². The molecule has 0 aliphatic carbocycles. The Labute approximate surface area is 123 Å². The number of nitrogens with zero attached hydrogens (tertiary/aromatic N) is 4. The Morgan fingerprint density at radius 1 is 1.10 bits per heavy atom. The van der Waals surface area contributed by atoms with Crippen LogP contribution in [0.4, 0.5) is 19.1 Å². The summed E-state index contributed by atoms with van der Waals surface area (Å²) in [6.45, 7) is 3.72. The number of aromatic nitrogens is 4. The zero-order valence-corrected chi connectivity index (χ0v) is 11.9. The van der Waals surface area contributed by atoms with Gasteiger partial charge in [0, 0.05) is 6.04 Å². The second kappa shape index (κ2) is 5.80. The molecule has 0 saturated carbocycles. The van der Waals surface area contributed by atoms with Gasteiger partial charge in [0.25, 0.3) is 0 Å². The summed E-state index contributed by atoms with van der Waals surface area (Å²) in [7, 11) is 0. The molecule has 2 aromatic rings. The van der Waals surface area contributed by atoms with Crippen molar-refractivity contribution in [3.63, 3.8) is 0 Å². The lowest BCUT2D eigenvalue weighted by Crippen LogP contribution is -2.14. The molecule has 0 saturated heterocycles. The van der Waals surface area contributed by atoms with E-state index in [-0.39, 0.29) is 28.8 Å². The molecular formula is C12H11ClF3N5. The summed E-state index contributed by atoms with van der Waals surface area (Å²) >= 11 is 5.76. The molecule has 21 heavy (non-hydrogen) atoms. The molecule has 0 spiro atoms. The molecule has 0 aliphatic heterocycles. The van der Waals surface area contributed by atoms with Gasteiger partial charge >= 0.3 is 6.18 Å². The highest BCUT2D eigenvalue weighted by molar-refractivity contribution is 6.28. The zero-order chi connectivity index (χ0) is 15.6. The van der Waals surface area contributed by atoms with Gasteiger partial charge in [0.15, 0.2) is 5.82 Å². The molecule has 0 amide bonds. The van der Waals surface area contributed by atoms with Crippen LogP contribution in [0.25, 0.3) is 11.5 Å². The van der Waals surface area contributed by atoms with Gasteiger partial charge in [-0.3, -0.25) is 0 Å². The molecule has 2 aromatic heterocycles. The van der Waals surface area contributed by atoms with E-state index in [0.29, 0.717) is 0 Å². The number of alkyl halides is 3. The van der Waals surface area contributed by atoms with Crippen LogP contribution in [0.5, 0.6) is 0 Å². The standard InChI is InChI=1S/C12H11ClF3N5/c1-6(2)17-11-20-9(19-10(13)21-11)7-4-3-5-8(18-7)12(14,15)16/h3-6H,1-2H3,(H,17,19,20,21). The van der Waals surface area contributed by atoms with Crippen LogP contribution >= 0.6 is 11.6 Å². The Morgan fingerprint density at radius 2 is 1.81 bits per heavy atom. The molecule has 0 aromatic carbocycles. The van der Waals surface area contributed by atoms with E-state index in [1.54, 1.807) is 0 Å². The van der Waals surface area contributed by atoms with Crippen LogP contribution in [0.3, 0.4) is 0 Å². The van der Waals surface area contributed by atoms with Crippen molar-refractivity contribution in [2.24, 2.45) is 0 Å². The highest BCUT2D eigenvalue weighted by Crippen LogP contribution is 2.29. The largest absolute Gasteiger partial charge is 0.433 e. The third-order valence-electron chi connectivity index (χ3n) is 2.29. The molecule has 0 fully saturated rings. The van der Waals surface area contributed by atoms with Crippen LogP contribution in [0, 0.1) is 0 Å². The third kappa shape index (κ3) is 4.01. The van der Waals surface area contributed by atoms with E-state index in [1.165, 1.54) is 12.1 Å². The molecule has 112 valence electrons. The highest BCUT2D eigenvalue weighted by atomic mass is 35.5. The monoisotopic (exact) mass is 317 g/mol. The number of hydrogen-bond donors (Lipinski definition) is 1. The summed E-state index contributed by atoms with van der Waals surface area (Å²) in [6.07, 6.45) is -4.54. The SMILES string of the molecule is CC(C)Nc1nc(Cl)nc(-c2cccc(C(F)(F)F)n2)n1. The maximum Gasteiger partial charge on any atom is 0.433 e. The molecule has 2 rings (SSSR count). The van der Waals surface area contributed by atoms with Gasteiger partial charge in [0.1, 0.15) is 11.4 Å². The lowest BCUT2D eigenvalue weighted by Gasteiger charge is -2.10. The van der Waals surface area contributed by atoms with E-state index in [9.17, 15) is 13.2 Å². The van der Waals surface area contributed by atoms with Gasteiger partial charge in [-0.25, -0.2) is 4.98 Å². The maximum absolute atomic E-state index is 12.7. The van der Waals surface area contributed by atoms with Crippen molar-refractivity contribution in [2.45, 2.75) is 26.1 Å². The minimum Gasteiger partial charge on any atom is -0.352 e. The quantitative estimate of drug-likeness (QED) is 0.939. The summed E-state index contributed by atoms with van der Waals surface area (Å²) in [5.74, 6) is 0.156. The van der Waals surface area contributed by atoms with Crippen LogP contribution in [0.15, 0.2) is 18.2 Å². The van der Waals surface area contributed by atoms with Gasteiger partial charge in [0.2, 0.25) is 11.2 Å². The predicted molar refractivity (Wildman–Crippen MR) is 71.8 cm³/mol. The molecule has 0 radical (unpaired) electrons. The molecule has 5 nitrogen and oxygen atoms in total. The van der Waals surface area contributed by atoms with Crippen molar-refractivity contribution >= 4 is 17.5 Å². The first kappa shape index (κ1) is 15.4. The summed E-state index contributed by atoms with van der Waals surface area (Å²) in [6, 6.07) is 3.52. The molecule has 2 heterocycles. The number of anilines is 1. The van der Waals surface area contributed by atoms with Gasteiger partial charge in [0.05, 0.1) is 0 Å². The summed E-state index contributed by atoms with van der Waals surface area (Å²) in [5, 5.41) is 2.78. The van der Waals surface area contributed by atoms with Gasteiger partial charge < -0.3 is 5.32 Å². The molecule has 9 heteroatoms. The van der Waals surface area contributed by atoms with E-state index in [4.69, 9.17) is 11.6 Å². The molecule has 0 bridgehead atoms. The first-order valence-electron chi connectivity index (χ1n) is 5.98. The van der Waals surface area contributed by atoms with Gasteiger partial charge in [-0.2, -0.15) is 28.1 Å². The van der Waals surface area contributed by atoms with Crippen LogP contribution < -0.4 is 5.32 Å². The van der Waals surface area contributed by atoms with E-state index in [0.717, 1.165) is 6.07 Å². The van der Waals surface area contributed by atoms with Crippen molar-refractivity contribution in [1.82, 2.24) is 19.9 Å². The van der Waals surface area contributed by atoms with E-state index < -0.39 is 11.9 Å². The van der Waals surface area contributed by atoms with Crippen molar-refractivity contribution in [2.75, 3.05) is 5.32 Å². The average molecular weight is 318 g/mol. The number of halogens is 4. The van der Waals surface area contributed by atoms with Crippen LogP contribution in [0.1, 0.15) is 19.5 Å². The average Bonchev–Trinajstić information content (AvgIpc) is 2.36. The number of hydrogen-bond acceptors (Lipinski definition) is 5. The molecule has 0 aliphatic rings. The second-order valence-corrected chi connectivity index (χ2v) is 4.79. The highest BCUT2D eigenvalue weighted by Gasteiger charge is 2.32. The Kier molecular flexibility index (Phi) is 4.26. The Balaban J connectivity index is 2.44. The Bertz CT molecular complexity index is 645. The topological polar surface area (TPSA) is 63.6 Å². The number of pyridine rings is 1. The minimum atomic E-state index is -4.54. The fourth-order valence-electron chi connectivity index (χ4n) is 1.50. The maximum atomic E-state index is 12.7.